The molecule has 2 aromatic carbocycles. The Kier molecular flexibility index (Phi) is 5.10. The van der Waals surface area contributed by atoms with Crippen LogP contribution in [0.1, 0.15) is 5.56 Å². The normalized spacial score (nSPS) is 11.2. The quantitative estimate of drug-likeness (QED) is 0.429. The van der Waals surface area contributed by atoms with Crippen LogP contribution in [0.2, 0.25) is 10.0 Å². The average molecular weight is 410 g/mol. The van der Waals surface area contributed by atoms with Gasteiger partial charge in [-0.1, -0.05) is 29.3 Å². The van der Waals surface area contributed by atoms with Gasteiger partial charge >= 0.3 is 0 Å². The molecule has 4 aromatic rings. The Labute approximate surface area is 170 Å². The zero-order valence-corrected chi connectivity index (χ0v) is 15.9. The summed E-state index contributed by atoms with van der Waals surface area (Å²) < 4.78 is 5.74. The number of benzene rings is 2. The molecule has 1 N–H and O–H groups in total. The molecule has 0 fully saturated rings. The first-order valence-electron chi connectivity index (χ1n) is 8.33. The van der Waals surface area contributed by atoms with E-state index in [1.165, 1.54) is 6.08 Å². The number of aromatic nitrogens is 2. The number of carbonyl (C=O) groups is 1. The number of fused-ring (bicyclic) bond motifs is 1. The largest absolute Gasteiger partial charge is 0.436 e. The Bertz CT molecular complexity index is 1190. The Morgan fingerprint density at radius 2 is 2.00 bits per heavy atom. The number of nitrogens with zero attached hydrogens (tertiary/aromatic N) is 2. The summed E-state index contributed by atoms with van der Waals surface area (Å²) in [6.45, 7) is 0. The van der Waals surface area contributed by atoms with Crippen LogP contribution in [0.3, 0.4) is 0 Å². The molecular formula is C21H13Cl2N3O2. The van der Waals surface area contributed by atoms with Crippen molar-refractivity contribution in [2.24, 2.45) is 0 Å². The van der Waals surface area contributed by atoms with Crippen molar-refractivity contribution in [2.45, 2.75) is 0 Å². The summed E-state index contributed by atoms with van der Waals surface area (Å²) in [5.41, 5.74) is 3.36. The Morgan fingerprint density at radius 3 is 2.79 bits per heavy atom. The number of carbonyl (C=O) groups excluding carboxylic acids is 1. The Morgan fingerprint density at radius 1 is 1.11 bits per heavy atom. The monoisotopic (exact) mass is 409 g/mol. The molecule has 0 aliphatic carbocycles. The molecule has 0 saturated carbocycles. The van der Waals surface area contributed by atoms with E-state index in [2.05, 4.69) is 15.3 Å². The number of hydrogen-bond donors (Lipinski definition) is 1. The van der Waals surface area contributed by atoms with Crippen LogP contribution in [0.5, 0.6) is 0 Å². The van der Waals surface area contributed by atoms with E-state index in [1.54, 1.807) is 54.9 Å². The van der Waals surface area contributed by atoms with Gasteiger partial charge < -0.3 is 9.73 Å². The van der Waals surface area contributed by atoms with E-state index in [1.807, 2.05) is 12.1 Å². The van der Waals surface area contributed by atoms with Gasteiger partial charge in [0.15, 0.2) is 5.58 Å². The van der Waals surface area contributed by atoms with Crippen LogP contribution in [-0.2, 0) is 4.79 Å². The maximum atomic E-state index is 12.2. The van der Waals surface area contributed by atoms with Gasteiger partial charge in [0.1, 0.15) is 5.52 Å². The number of halogens is 2. The summed E-state index contributed by atoms with van der Waals surface area (Å²) in [5.74, 6) is 0.185. The molecule has 0 bridgehead atoms. The summed E-state index contributed by atoms with van der Waals surface area (Å²) in [6.07, 6.45) is 6.40. The molecule has 0 spiro atoms. The molecule has 0 aliphatic rings. The molecule has 0 atom stereocenters. The van der Waals surface area contributed by atoms with Gasteiger partial charge in [-0.25, -0.2) is 4.98 Å². The molecule has 7 heteroatoms. The highest BCUT2D eigenvalue weighted by Gasteiger charge is 2.09. The van der Waals surface area contributed by atoms with Crippen molar-refractivity contribution < 1.29 is 9.21 Å². The van der Waals surface area contributed by atoms with E-state index in [9.17, 15) is 4.79 Å². The second-order valence-electron chi connectivity index (χ2n) is 5.93. The molecule has 2 aromatic heterocycles. The van der Waals surface area contributed by atoms with Gasteiger partial charge in [0.05, 0.1) is 5.56 Å². The molecule has 4 rings (SSSR count). The van der Waals surface area contributed by atoms with Gasteiger partial charge in [-0.3, -0.25) is 9.78 Å². The van der Waals surface area contributed by atoms with Crippen LogP contribution in [0, 0.1) is 0 Å². The maximum Gasteiger partial charge on any atom is 0.248 e. The average Bonchev–Trinajstić information content (AvgIpc) is 3.11. The number of pyridine rings is 1. The predicted molar refractivity (Wildman–Crippen MR) is 111 cm³/mol. The van der Waals surface area contributed by atoms with Crippen LogP contribution < -0.4 is 5.32 Å². The van der Waals surface area contributed by atoms with Gasteiger partial charge in [0.25, 0.3) is 0 Å². The van der Waals surface area contributed by atoms with E-state index in [0.29, 0.717) is 38.3 Å². The maximum absolute atomic E-state index is 12.2. The van der Waals surface area contributed by atoms with Crippen molar-refractivity contribution in [2.75, 3.05) is 5.32 Å². The molecule has 0 aliphatic heterocycles. The van der Waals surface area contributed by atoms with Crippen molar-refractivity contribution in [1.29, 1.82) is 0 Å². The van der Waals surface area contributed by atoms with Crippen LogP contribution in [0.15, 0.2) is 71.4 Å². The number of oxazole rings is 1. The number of hydrogen-bond acceptors (Lipinski definition) is 4. The summed E-state index contributed by atoms with van der Waals surface area (Å²) in [5, 5.41) is 3.81. The van der Waals surface area contributed by atoms with E-state index in [4.69, 9.17) is 27.6 Å². The van der Waals surface area contributed by atoms with E-state index in [0.717, 1.165) is 5.56 Å². The smallest absolute Gasteiger partial charge is 0.248 e. The van der Waals surface area contributed by atoms with Crippen molar-refractivity contribution in [1.82, 2.24) is 9.97 Å². The molecule has 28 heavy (non-hydrogen) atoms. The fourth-order valence-electron chi connectivity index (χ4n) is 2.60. The lowest BCUT2D eigenvalue weighted by Crippen LogP contribution is -2.07. The SMILES string of the molecule is O=C(/C=C/c1ccc(Cl)cc1Cl)Nc1ccc2oc(-c3cccnc3)nc2c1. The summed E-state index contributed by atoms with van der Waals surface area (Å²) in [6, 6.07) is 14.0. The first-order valence-corrected chi connectivity index (χ1v) is 9.09. The molecular weight excluding hydrogens is 397 g/mol. The lowest BCUT2D eigenvalue weighted by atomic mass is 10.2. The Balaban J connectivity index is 1.51. The second kappa shape index (κ2) is 7.84. The highest BCUT2D eigenvalue weighted by atomic mass is 35.5. The van der Waals surface area contributed by atoms with Gasteiger partial charge in [-0.05, 0) is 54.1 Å². The molecule has 0 unspecified atom stereocenters. The van der Waals surface area contributed by atoms with Crippen LogP contribution in [0.25, 0.3) is 28.6 Å². The minimum absolute atomic E-state index is 0.290. The number of rotatable bonds is 4. The van der Waals surface area contributed by atoms with E-state index >= 15 is 0 Å². The van der Waals surface area contributed by atoms with Crippen molar-refractivity contribution >= 4 is 52.0 Å². The van der Waals surface area contributed by atoms with Gasteiger partial charge in [-0.15, -0.1) is 0 Å². The third kappa shape index (κ3) is 4.06. The van der Waals surface area contributed by atoms with Crippen LogP contribution >= 0.6 is 23.2 Å². The van der Waals surface area contributed by atoms with Crippen molar-refractivity contribution in [3.8, 4) is 11.5 Å². The third-order valence-electron chi connectivity index (χ3n) is 3.94. The molecule has 2 heterocycles. The standard InChI is InChI=1S/C21H13Cl2N3O2/c22-15-5-3-13(17(23)10-15)4-8-20(27)25-16-6-7-19-18(11-16)26-21(28-19)14-2-1-9-24-12-14/h1-12H,(H,25,27)/b8-4+. The number of amides is 1. The fourth-order valence-corrected chi connectivity index (χ4v) is 3.08. The van der Waals surface area contributed by atoms with Crippen LogP contribution in [0.4, 0.5) is 5.69 Å². The zero-order chi connectivity index (χ0) is 19.5. The minimum atomic E-state index is -0.290. The molecule has 138 valence electrons. The highest BCUT2D eigenvalue weighted by Crippen LogP contribution is 2.26. The minimum Gasteiger partial charge on any atom is -0.436 e. The topological polar surface area (TPSA) is 68.0 Å². The number of anilines is 1. The van der Waals surface area contributed by atoms with Gasteiger partial charge in [-0.2, -0.15) is 0 Å². The first kappa shape index (κ1) is 18.2. The van der Waals surface area contributed by atoms with E-state index in [-0.39, 0.29) is 5.91 Å². The third-order valence-corrected chi connectivity index (χ3v) is 4.50. The molecule has 0 radical (unpaired) electrons. The first-order chi connectivity index (χ1) is 13.6. The van der Waals surface area contributed by atoms with Crippen LogP contribution in [-0.4, -0.2) is 15.9 Å². The summed E-state index contributed by atoms with van der Waals surface area (Å²) >= 11 is 12.0. The van der Waals surface area contributed by atoms with Crippen molar-refractivity contribution in [3.63, 3.8) is 0 Å². The second-order valence-corrected chi connectivity index (χ2v) is 6.78. The fraction of sp³-hybridized carbons (Fsp3) is 0. The molecule has 1 amide bonds. The van der Waals surface area contributed by atoms with Gasteiger partial charge in [0.2, 0.25) is 11.8 Å². The lowest BCUT2D eigenvalue weighted by molar-refractivity contribution is -0.111. The highest BCUT2D eigenvalue weighted by molar-refractivity contribution is 6.35. The molecule has 5 nitrogen and oxygen atoms in total. The lowest BCUT2D eigenvalue weighted by Gasteiger charge is -2.02. The Hall–Kier alpha value is -3.15. The number of nitrogens with one attached hydrogen (secondary N) is 1. The summed E-state index contributed by atoms with van der Waals surface area (Å²) in [7, 11) is 0. The zero-order valence-electron chi connectivity index (χ0n) is 14.4. The predicted octanol–water partition coefficient (Wildman–Crippen LogP) is 5.85. The van der Waals surface area contributed by atoms with Crippen molar-refractivity contribution in [3.05, 3.63) is 82.6 Å². The summed E-state index contributed by atoms with van der Waals surface area (Å²) in [4.78, 5) is 20.7. The molecule has 0 saturated heterocycles. The van der Waals surface area contributed by atoms with E-state index < -0.39 is 0 Å². The van der Waals surface area contributed by atoms with Gasteiger partial charge in [0, 0.05) is 34.2 Å².